The summed E-state index contributed by atoms with van der Waals surface area (Å²) in [5, 5.41) is 10.3. The van der Waals surface area contributed by atoms with Gasteiger partial charge in [-0.1, -0.05) is 38.7 Å². The van der Waals surface area contributed by atoms with E-state index in [2.05, 4.69) is 6.92 Å². The molecule has 4 heteroatoms. The average molecular weight is 276 g/mol. The summed E-state index contributed by atoms with van der Waals surface area (Å²) >= 11 is 0. The summed E-state index contributed by atoms with van der Waals surface area (Å²) < 4.78 is 3.26. The fraction of sp³-hybridized carbons (Fsp3) is 0.562. The first kappa shape index (κ1) is 14.9. The molecule has 1 N–H and O–H groups in total. The Morgan fingerprint density at radius 3 is 2.50 bits per heavy atom. The summed E-state index contributed by atoms with van der Waals surface area (Å²) in [6.07, 6.45) is 4.98. The van der Waals surface area contributed by atoms with Crippen LogP contribution in [0.4, 0.5) is 0 Å². The molecule has 0 bridgehead atoms. The number of nitrogens with zero attached hydrogens (tertiary/aromatic N) is 2. The lowest BCUT2D eigenvalue weighted by atomic mass is 10.0. The fourth-order valence-corrected chi connectivity index (χ4v) is 2.66. The number of hydrogen-bond donors (Lipinski definition) is 1. The van der Waals surface area contributed by atoms with E-state index in [9.17, 15) is 9.90 Å². The molecule has 4 nitrogen and oxygen atoms in total. The summed E-state index contributed by atoms with van der Waals surface area (Å²) in [4.78, 5) is 11.9. The second-order valence-corrected chi connectivity index (χ2v) is 5.51. The zero-order valence-corrected chi connectivity index (χ0v) is 12.6. The van der Waals surface area contributed by atoms with Crippen LogP contribution in [0.25, 0.3) is 11.0 Å². The number of unbranched alkanes of at least 4 members (excludes halogenated alkanes) is 3. The smallest absolute Gasteiger partial charge is 0.328 e. The first-order valence-corrected chi connectivity index (χ1v) is 7.39. The highest BCUT2D eigenvalue weighted by atomic mass is 16.3. The maximum Gasteiger partial charge on any atom is 0.328 e. The fourth-order valence-electron chi connectivity index (χ4n) is 2.66. The summed E-state index contributed by atoms with van der Waals surface area (Å²) in [5.41, 5.74) is 2.65. The summed E-state index contributed by atoms with van der Waals surface area (Å²) in [7, 11) is 3.54. The van der Waals surface area contributed by atoms with Crippen molar-refractivity contribution in [3.05, 3.63) is 34.2 Å². The Morgan fingerprint density at radius 2 is 1.80 bits per heavy atom. The van der Waals surface area contributed by atoms with E-state index >= 15 is 0 Å². The Labute approximate surface area is 119 Å². The number of fused-ring (bicyclic) bond motifs is 1. The van der Waals surface area contributed by atoms with Gasteiger partial charge in [-0.3, -0.25) is 9.13 Å². The molecule has 1 atom stereocenters. The molecule has 0 aliphatic carbocycles. The maximum absolute atomic E-state index is 11.9. The molecule has 0 amide bonds. The van der Waals surface area contributed by atoms with Crippen molar-refractivity contribution in [3.8, 4) is 0 Å². The van der Waals surface area contributed by atoms with Gasteiger partial charge in [0.25, 0.3) is 0 Å². The monoisotopic (exact) mass is 276 g/mol. The normalized spacial score (nSPS) is 13.0. The molecule has 0 aliphatic rings. The van der Waals surface area contributed by atoms with Crippen LogP contribution in [0.15, 0.2) is 23.0 Å². The van der Waals surface area contributed by atoms with E-state index in [1.54, 1.807) is 23.2 Å². The molecule has 0 spiro atoms. The highest BCUT2D eigenvalue weighted by Gasteiger charge is 2.12. The third-order valence-electron chi connectivity index (χ3n) is 4.01. The number of aromatic nitrogens is 2. The average Bonchev–Trinajstić information content (AvgIpc) is 2.68. The van der Waals surface area contributed by atoms with E-state index < -0.39 is 6.10 Å². The van der Waals surface area contributed by atoms with Crippen LogP contribution in [0.1, 0.15) is 50.7 Å². The number of aryl methyl sites for hydroxylation is 2. The molecule has 1 aromatic heterocycles. The molecular formula is C16H24N2O2. The van der Waals surface area contributed by atoms with Crippen molar-refractivity contribution in [1.82, 2.24) is 9.13 Å². The molecule has 0 radical (unpaired) electrons. The minimum atomic E-state index is -0.438. The van der Waals surface area contributed by atoms with E-state index in [0.29, 0.717) is 0 Å². The Morgan fingerprint density at radius 1 is 1.10 bits per heavy atom. The molecule has 110 valence electrons. The van der Waals surface area contributed by atoms with E-state index in [1.807, 2.05) is 18.2 Å². The van der Waals surface area contributed by atoms with Crippen LogP contribution in [0.5, 0.6) is 0 Å². The molecule has 1 aromatic carbocycles. The van der Waals surface area contributed by atoms with Crippen molar-refractivity contribution in [2.75, 3.05) is 0 Å². The largest absolute Gasteiger partial charge is 0.388 e. The first-order valence-electron chi connectivity index (χ1n) is 7.39. The van der Waals surface area contributed by atoms with E-state index in [1.165, 1.54) is 19.3 Å². The lowest BCUT2D eigenvalue weighted by Crippen LogP contribution is -2.19. The van der Waals surface area contributed by atoms with Crippen molar-refractivity contribution < 1.29 is 5.11 Å². The first-order chi connectivity index (χ1) is 9.56. The number of benzene rings is 1. The molecule has 0 saturated heterocycles. The van der Waals surface area contributed by atoms with Gasteiger partial charge in [0.2, 0.25) is 0 Å². The van der Waals surface area contributed by atoms with Crippen molar-refractivity contribution >= 4 is 11.0 Å². The quantitative estimate of drug-likeness (QED) is 0.825. The molecule has 2 rings (SSSR count). The third-order valence-corrected chi connectivity index (χ3v) is 4.01. The predicted molar refractivity (Wildman–Crippen MR) is 81.9 cm³/mol. The minimum absolute atomic E-state index is 0.0328. The van der Waals surface area contributed by atoms with Gasteiger partial charge in [0.05, 0.1) is 17.1 Å². The molecular weight excluding hydrogens is 252 g/mol. The Hall–Kier alpha value is -1.55. The van der Waals surface area contributed by atoms with E-state index in [-0.39, 0.29) is 5.69 Å². The SMILES string of the molecule is CCCCCCC(O)c1ccc2c(c1)n(C)c(=O)n2C. The maximum atomic E-state index is 11.9. The molecule has 0 fully saturated rings. The van der Waals surface area contributed by atoms with Gasteiger partial charge in [0.1, 0.15) is 0 Å². The van der Waals surface area contributed by atoms with Crippen LogP contribution >= 0.6 is 0 Å². The number of rotatable bonds is 6. The topological polar surface area (TPSA) is 47.2 Å². The summed E-state index contributed by atoms with van der Waals surface area (Å²) in [5.74, 6) is 0. The van der Waals surface area contributed by atoms with Crippen LogP contribution in [0.3, 0.4) is 0 Å². The van der Waals surface area contributed by atoms with E-state index in [0.717, 1.165) is 29.4 Å². The van der Waals surface area contributed by atoms with Gasteiger partial charge in [-0.05, 0) is 24.1 Å². The predicted octanol–water partition coefficient (Wildman–Crippen LogP) is 2.88. The van der Waals surface area contributed by atoms with Crippen molar-refractivity contribution in [2.45, 2.75) is 45.1 Å². The Kier molecular flexibility index (Phi) is 4.65. The van der Waals surface area contributed by atoms with Crippen molar-refractivity contribution in [3.63, 3.8) is 0 Å². The Balaban J connectivity index is 2.19. The molecule has 1 unspecified atom stereocenters. The molecule has 1 heterocycles. The van der Waals surface area contributed by atoms with Crippen LogP contribution < -0.4 is 5.69 Å². The summed E-state index contributed by atoms with van der Waals surface area (Å²) in [6.45, 7) is 2.18. The zero-order chi connectivity index (χ0) is 14.7. The minimum Gasteiger partial charge on any atom is -0.388 e. The van der Waals surface area contributed by atoms with Crippen LogP contribution in [0, 0.1) is 0 Å². The highest BCUT2D eigenvalue weighted by molar-refractivity contribution is 5.76. The zero-order valence-electron chi connectivity index (χ0n) is 12.6. The second kappa shape index (κ2) is 6.27. The van der Waals surface area contributed by atoms with Crippen LogP contribution in [-0.2, 0) is 14.1 Å². The highest BCUT2D eigenvalue weighted by Crippen LogP contribution is 2.23. The van der Waals surface area contributed by atoms with Gasteiger partial charge in [-0.15, -0.1) is 0 Å². The number of aliphatic hydroxyl groups excluding tert-OH is 1. The van der Waals surface area contributed by atoms with Crippen LogP contribution in [-0.4, -0.2) is 14.2 Å². The molecule has 2 aromatic rings. The van der Waals surface area contributed by atoms with Gasteiger partial charge >= 0.3 is 5.69 Å². The van der Waals surface area contributed by atoms with Gasteiger partial charge < -0.3 is 5.11 Å². The van der Waals surface area contributed by atoms with Gasteiger partial charge in [0.15, 0.2) is 0 Å². The Bertz CT molecular complexity index is 640. The standard InChI is InChI=1S/C16H24N2O2/c1-4-5-6-7-8-15(19)12-9-10-13-14(11-12)18(3)16(20)17(13)2/h9-11,15,19H,4-8H2,1-3H3. The van der Waals surface area contributed by atoms with Crippen molar-refractivity contribution in [1.29, 1.82) is 0 Å². The van der Waals surface area contributed by atoms with Gasteiger partial charge in [0, 0.05) is 14.1 Å². The molecule has 0 saturated carbocycles. The molecule has 20 heavy (non-hydrogen) atoms. The summed E-state index contributed by atoms with van der Waals surface area (Å²) in [6, 6.07) is 5.77. The number of imidazole rings is 1. The van der Waals surface area contributed by atoms with Gasteiger partial charge in [-0.25, -0.2) is 4.79 Å². The van der Waals surface area contributed by atoms with E-state index in [4.69, 9.17) is 0 Å². The second-order valence-electron chi connectivity index (χ2n) is 5.51. The lowest BCUT2D eigenvalue weighted by molar-refractivity contribution is 0.163. The van der Waals surface area contributed by atoms with Crippen LogP contribution in [0.2, 0.25) is 0 Å². The van der Waals surface area contributed by atoms with Gasteiger partial charge in [-0.2, -0.15) is 0 Å². The number of aliphatic hydroxyl groups is 1. The lowest BCUT2D eigenvalue weighted by Gasteiger charge is -2.11. The third kappa shape index (κ3) is 2.80. The molecule has 0 aliphatic heterocycles. The van der Waals surface area contributed by atoms with Crippen molar-refractivity contribution in [2.24, 2.45) is 14.1 Å². The number of hydrogen-bond acceptors (Lipinski definition) is 2.